The van der Waals surface area contributed by atoms with Crippen molar-refractivity contribution in [3.63, 3.8) is 0 Å². The van der Waals surface area contributed by atoms with Crippen molar-refractivity contribution in [2.75, 3.05) is 7.05 Å². The lowest BCUT2D eigenvalue weighted by Crippen LogP contribution is -2.34. The highest BCUT2D eigenvalue weighted by molar-refractivity contribution is 7.16. The molecule has 4 atom stereocenters. The summed E-state index contributed by atoms with van der Waals surface area (Å²) in [4.78, 5) is 1.44. The van der Waals surface area contributed by atoms with E-state index >= 15 is 0 Å². The lowest BCUT2D eigenvalue weighted by molar-refractivity contribution is 0.112. The molecule has 2 aliphatic carbocycles. The van der Waals surface area contributed by atoms with Gasteiger partial charge in [-0.05, 0) is 62.6 Å². The van der Waals surface area contributed by atoms with Gasteiger partial charge in [0.2, 0.25) is 0 Å². The first kappa shape index (κ1) is 14.9. The minimum Gasteiger partial charge on any atom is -0.312 e. The highest BCUT2D eigenvalue weighted by Crippen LogP contribution is 2.47. The van der Waals surface area contributed by atoms with Crippen LogP contribution >= 0.6 is 22.9 Å². The molecule has 3 rings (SSSR count). The second-order valence-electron chi connectivity index (χ2n) is 6.75. The zero-order chi connectivity index (χ0) is 14.1. The Bertz CT molecular complexity index is 436. The van der Waals surface area contributed by atoms with Crippen molar-refractivity contribution < 1.29 is 0 Å². The molecule has 1 N–H and O–H groups in total. The van der Waals surface area contributed by atoms with E-state index in [4.69, 9.17) is 11.6 Å². The monoisotopic (exact) mass is 311 g/mol. The molecule has 2 aliphatic rings. The fraction of sp³-hybridized carbons (Fsp3) is 0.765. The maximum Gasteiger partial charge on any atom is 0.0960 e. The van der Waals surface area contributed by atoms with Gasteiger partial charge < -0.3 is 5.32 Å². The Morgan fingerprint density at radius 2 is 1.95 bits per heavy atom. The molecular formula is C17H26ClNS. The van der Waals surface area contributed by atoms with Crippen molar-refractivity contribution in [2.24, 2.45) is 17.8 Å². The number of halogens is 1. The van der Waals surface area contributed by atoms with Gasteiger partial charge in [-0.15, -0.1) is 11.3 Å². The van der Waals surface area contributed by atoms with Gasteiger partial charge in [0, 0.05) is 10.9 Å². The van der Waals surface area contributed by atoms with E-state index in [2.05, 4.69) is 25.4 Å². The first-order chi connectivity index (χ1) is 9.69. The Morgan fingerprint density at radius 3 is 2.60 bits per heavy atom. The number of aryl methyl sites for hydroxylation is 1. The molecule has 0 bridgehead atoms. The maximum atomic E-state index is 6.27. The molecule has 4 unspecified atom stereocenters. The summed E-state index contributed by atoms with van der Waals surface area (Å²) in [6, 6.07) is 2.80. The summed E-state index contributed by atoms with van der Waals surface area (Å²) in [5.41, 5.74) is 1.23. The van der Waals surface area contributed by atoms with Gasteiger partial charge in [0.05, 0.1) is 4.34 Å². The standard InChI is InChI=1S/C17H26ClNS/c1-11-9-15(20-17(11)18)16(19-2)14-8-7-12-5-3-4-6-13(12)10-14/h9,12-14,16,19H,3-8,10H2,1-2H3. The first-order valence-corrected chi connectivity index (χ1v) is 9.31. The topological polar surface area (TPSA) is 12.0 Å². The van der Waals surface area contributed by atoms with Crippen molar-refractivity contribution in [3.05, 3.63) is 20.8 Å². The molecule has 1 nitrogen and oxygen atoms in total. The van der Waals surface area contributed by atoms with Gasteiger partial charge in [-0.2, -0.15) is 0 Å². The van der Waals surface area contributed by atoms with Crippen LogP contribution in [0.3, 0.4) is 0 Å². The number of rotatable bonds is 3. The van der Waals surface area contributed by atoms with Crippen molar-refractivity contribution in [1.82, 2.24) is 5.32 Å². The Hall–Kier alpha value is -0.0500. The summed E-state index contributed by atoms with van der Waals surface area (Å²) in [5, 5.41) is 3.58. The molecule has 20 heavy (non-hydrogen) atoms. The largest absolute Gasteiger partial charge is 0.312 e. The zero-order valence-electron chi connectivity index (χ0n) is 12.6. The highest BCUT2D eigenvalue weighted by atomic mass is 35.5. The van der Waals surface area contributed by atoms with Gasteiger partial charge in [0.1, 0.15) is 0 Å². The van der Waals surface area contributed by atoms with Crippen LogP contribution in [-0.4, -0.2) is 7.05 Å². The van der Waals surface area contributed by atoms with Crippen molar-refractivity contribution in [1.29, 1.82) is 0 Å². The maximum absolute atomic E-state index is 6.27. The zero-order valence-corrected chi connectivity index (χ0v) is 14.2. The second kappa shape index (κ2) is 6.37. The van der Waals surface area contributed by atoms with Gasteiger partial charge in [-0.25, -0.2) is 0 Å². The van der Waals surface area contributed by atoms with Gasteiger partial charge >= 0.3 is 0 Å². The molecular weight excluding hydrogens is 286 g/mol. The smallest absolute Gasteiger partial charge is 0.0960 e. The van der Waals surface area contributed by atoms with Crippen LogP contribution in [0.25, 0.3) is 0 Å². The van der Waals surface area contributed by atoms with Crippen LogP contribution in [0, 0.1) is 24.7 Å². The fourth-order valence-electron chi connectivity index (χ4n) is 4.46. The molecule has 2 fully saturated rings. The van der Waals surface area contributed by atoms with E-state index in [1.54, 1.807) is 11.3 Å². The molecule has 0 saturated heterocycles. The second-order valence-corrected chi connectivity index (χ2v) is 8.44. The number of nitrogens with one attached hydrogen (secondary N) is 1. The Kier molecular flexibility index (Phi) is 4.74. The summed E-state index contributed by atoms with van der Waals surface area (Å²) >= 11 is 8.04. The third-order valence-corrected chi connectivity index (χ3v) is 7.18. The van der Waals surface area contributed by atoms with Crippen molar-refractivity contribution >= 4 is 22.9 Å². The van der Waals surface area contributed by atoms with Crippen LogP contribution in [0.4, 0.5) is 0 Å². The van der Waals surface area contributed by atoms with Crippen LogP contribution in [0.5, 0.6) is 0 Å². The van der Waals surface area contributed by atoms with Gasteiger partial charge in [-0.1, -0.05) is 37.3 Å². The lowest BCUT2D eigenvalue weighted by Gasteiger charge is -2.41. The van der Waals surface area contributed by atoms with E-state index in [-0.39, 0.29) is 0 Å². The van der Waals surface area contributed by atoms with E-state index < -0.39 is 0 Å². The number of hydrogen-bond acceptors (Lipinski definition) is 2. The molecule has 0 spiro atoms. The van der Waals surface area contributed by atoms with Crippen LogP contribution in [0.2, 0.25) is 4.34 Å². The molecule has 0 aliphatic heterocycles. The summed E-state index contributed by atoms with van der Waals surface area (Å²) in [6.07, 6.45) is 10.2. The minimum absolute atomic E-state index is 0.508. The minimum atomic E-state index is 0.508. The third kappa shape index (κ3) is 2.93. The predicted octanol–water partition coefficient (Wildman–Crippen LogP) is 5.58. The summed E-state index contributed by atoms with van der Waals surface area (Å²) in [5.74, 6) is 2.83. The average molecular weight is 312 g/mol. The summed E-state index contributed by atoms with van der Waals surface area (Å²) < 4.78 is 0.964. The first-order valence-electron chi connectivity index (χ1n) is 8.12. The molecule has 3 heteroatoms. The number of fused-ring (bicyclic) bond motifs is 1. The van der Waals surface area contributed by atoms with Crippen LogP contribution in [0.15, 0.2) is 6.07 Å². The molecule has 0 amide bonds. The number of thiophene rings is 1. The van der Waals surface area contributed by atoms with Crippen LogP contribution < -0.4 is 5.32 Å². The van der Waals surface area contributed by atoms with E-state index in [1.165, 1.54) is 55.4 Å². The fourth-order valence-corrected chi connectivity index (χ4v) is 5.88. The average Bonchev–Trinajstić information content (AvgIpc) is 2.79. The molecule has 0 aromatic carbocycles. The Labute approximate surface area is 132 Å². The number of hydrogen-bond donors (Lipinski definition) is 1. The third-order valence-electron chi connectivity index (χ3n) is 5.55. The van der Waals surface area contributed by atoms with Crippen LogP contribution in [-0.2, 0) is 0 Å². The molecule has 1 aromatic heterocycles. The molecule has 0 radical (unpaired) electrons. The molecule has 1 heterocycles. The quantitative estimate of drug-likeness (QED) is 0.768. The molecule has 1 aromatic rings. The summed E-state index contributed by atoms with van der Waals surface area (Å²) in [7, 11) is 2.11. The van der Waals surface area contributed by atoms with Crippen LogP contribution in [0.1, 0.15) is 61.4 Å². The lowest BCUT2D eigenvalue weighted by atomic mass is 9.66. The van der Waals surface area contributed by atoms with E-state index in [0.717, 1.165) is 22.1 Å². The Balaban J connectivity index is 1.73. The van der Waals surface area contributed by atoms with Crippen molar-refractivity contribution in [2.45, 2.75) is 57.9 Å². The van der Waals surface area contributed by atoms with E-state index in [0.29, 0.717) is 6.04 Å². The predicted molar refractivity (Wildman–Crippen MR) is 88.7 cm³/mol. The molecule has 112 valence electrons. The normalized spacial score (nSPS) is 31.9. The van der Waals surface area contributed by atoms with E-state index in [1.807, 2.05) is 0 Å². The van der Waals surface area contributed by atoms with Gasteiger partial charge in [0.25, 0.3) is 0 Å². The highest BCUT2D eigenvalue weighted by Gasteiger charge is 2.35. The van der Waals surface area contributed by atoms with Gasteiger partial charge in [0.15, 0.2) is 0 Å². The van der Waals surface area contributed by atoms with E-state index in [9.17, 15) is 0 Å². The molecule has 2 saturated carbocycles. The SMILES string of the molecule is CNC(c1cc(C)c(Cl)s1)C1CCC2CCCCC2C1. The van der Waals surface area contributed by atoms with Gasteiger partial charge in [-0.3, -0.25) is 0 Å². The Morgan fingerprint density at radius 1 is 1.20 bits per heavy atom. The van der Waals surface area contributed by atoms with Crippen molar-refractivity contribution in [3.8, 4) is 0 Å². The summed E-state index contributed by atoms with van der Waals surface area (Å²) in [6.45, 7) is 2.12.